The number of carbonyl (C=O) groups excluding carboxylic acids is 1. The Bertz CT molecular complexity index is 857. The number of benzene rings is 2. The molecule has 2 aromatic rings. The number of carbonyl (C=O) groups is 2. The first-order valence-corrected chi connectivity index (χ1v) is 10.00. The van der Waals surface area contributed by atoms with Crippen LogP contribution in [0, 0.1) is 0 Å². The van der Waals surface area contributed by atoms with Gasteiger partial charge < -0.3 is 10.0 Å². The maximum absolute atomic E-state index is 13.0. The van der Waals surface area contributed by atoms with Crippen LogP contribution in [0.4, 0.5) is 5.69 Å². The summed E-state index contributed by atoms with van der Waals surface area (Å²) >= 11 is 0. The van der Waals surface area contributed by atoms with E-state index in [-0.39, 0.29) is 5.91 Å². The van der Waals surface area contributed by atoms with Gasteiger partial charge in [0.2, 0.25) is 5.91 Å². The van der Waals surface area contributed by atoms with Crippen molar-refractivity contribution in [2.75, 3.05) is 31.1 Å². The number of hydrogen-bond acceptors (Lipinski definition) is 3. The van der Waals surface area contributed by atoms with Crippen molar-refractivity contribution >= 4 is 17.6 Å². The van der Waals surface area contributed by atoms with Crippen molar-refractivity contribution < 1.29 is 14.7 Å². The number of carboxylic acid groups (broad SMARTS) is 1. The van der Waals surface area contributed by atoms with Crippen molar-refractivity contribution in [2.24, 2.45) is 0 Å². The molecular formula is C23H26N2O3. The van der Waals surface area contributed by atoms with Crippen LogP contribution in [0.5, 0.6) is 0 Å². The van der Waals surface area contributed by atoms with E-state index in [0.29, 0.717) is 32.5 Å². The monoisotopic (exact) mass is 378 g/mol. The fraction of sp³-hybridized carbons (Fsp3) is 0.391. The summed E-state index contributed by atoms with van der Waals surface area (Å²) in [5.41, 5.74) is 2.27. The summed E-state index contributed by atoms with van der Waals surface area (Å²) in [5, 5.41) is 9.93. The summed E-state index contributed by atoms with van der Waals surface area (Å²) < 4.78 is 0. The van der Waals surface area contributed by atoms with E-state index in [9.17, 15) is 14.7 Å². The van der Waals surface area contributed by atoms with E-state index in [1.807, 2.05) is 53.4 Å². The standard InChI is InChI=1S/C23H26N2O3/c26-21(25-14-6-8-18-7-4-5-11-20(18)25)17-24-15-12-23(13-16-24,22(27)28)19-9-2-1-3-10-19/h1-5,7,9-11H,6,8,12-17H2,(H,27,28). The summed E-state index contributed by atoms with van der Waals surface area (Å²) in [5.74, 6) is -0.663. The third kappa shape index (κ3) is 3.42. The van der Waals surface area contributed by atoms with Crippen molar-refractivity contribution in [3.63, 3.8) is 0 Å². The summed E-state index contributed by atoms with van der Waals surface area (Å²) in [6.45, 7) is 2.33. The molecule has 1 amide bonds. The van der Waals surface area contributed by atoms with Crippen molar-refractivity contribution in [3.8, 4) is 0 Å². The lowest BCUT2D eigenvalue weighted by Crippen LogP contribution is -2.50. The van der Waals surface area contributed by atoms with Gasteiger partial charge in [-0.05, 0) is 42.9 Å². The predicted octanol–water partition coefficient (Wildman–Crippen LogP) is 3.08. The van der Waals surface area contributed by atoms with Gasteiger partial charge in [-0.25, -0.2) is 0 Å². The quantitative estimate of drug-likeness (QED) is 0.888. The van der Waals surface area contributed by atoms with Gasteiger partial charge in [-0.1, -0.05) is 48.5 Å². The van der Waals surface area contributed by atoms with Gasteiger partial charge in [0, 0.05) is 25.3 Å². The van der Waals surface area contributed by atoms with Crippen LogP contribution in [-0.2, 0) is 21.4 Å². The molecule has 0 saturated carbocycles. The lowest BCUT2D eigenvalue weighted by atomic mass is 9.73. The van der Waals surface area contributed by atoms with Gasteiger partial charge in [0.15, 0.2) is 0 Å². The Labute approximate surface area is 165 Å². The van der Waals surface area contributed by atoms with Crippen LogP contribution in [-0.4, -0.2) is 48.1 Å². The molecule has 2 aliphatic rings. The molecule has 28 heavy (non-hydrogen) atoms. The van der Waals surface area contributed by atoms with Crippen LogP contribution < -0.4 is 4.90 Å². The number of carboxylic acids is 1. The van der Waals surface area contributed by atoms with Crippen LogP contribution in [0.15, 0.2) is 54.6 Å². The molecule has 0 aromatic heterocycles. The number of likely N-dealkylation sites (tertiary alicyclic amines) is 1. The van der Waals surface area contributed by atoms with Crippen LogP contribution >= 0.6 is 0 Å². The van der Waals surface area contributed by atoms with Gasteiger partial charge >= 0.3 is 5.97 Å². The third-order valence-corrected chi connectivity index (χ3v) is 6.22. The van der Waals surface area contributed by atoms with Gasteiger partial charge in [0.05, 0.1) is 12.0 Å². The zero-order chi connectivity index (χ0) is 19.6. The molecule has 0 aliphatic carbocycles. The Kier molecular flexibility index (Phi) is 5.18. The molecule has 0 atom stereocenters. The highest BCUT2D eigenvalue weighted by atomic mass is 16.4. The Hall–Kier alpha value is -2.66. The predicted molar refractivity (Wildman–Crippen MR) is 109 cm³/mol. The molecule has 1 saturated heterocycles. The minimum atomic E-state index is -0.849. The van der Waals surface area contributed by atoms with E-state index in [4.69, 9.17) is 0 Å². The van der Waals surface area contributed by atoms with E-state index < -0.39 is 11.4 Å². The topological polar surface area (TPSA) is 60.9 Å². The zero-order valence-electron chi connectivity index (χ0n) is 16.0. The number of aliphatic carboxylic acids is 1. The van der Waals surface area contributed by atoms with Crippen LogP contribution in [0.25, 0.3) is 0 Å². The number of aryl methyl sites for hydroxylation is 1. The van der Waals surface area contributed by atoms with Gasteiger partial charge in [-0.2, -0.15) is 0 Å². The highest BCUT2D eigenvalue weighted by Crippen LogP contribution is 2.36. The van der Waals surface area contributed by atoms with Crippen LogP contribution in [0.3, 0.4) is 0 Å². The summed E-state index contributed by atoms with van der Waals surface area (Å²) in [4.78, 5) is 29.1. The van der Waals surface area contributed by atoms with E-state index >= 15 is 0 Å². The Morgan fingerprint density at radius 3 is 2.32 bits per heavy atom. The SMILES string of the molecule is O=C(CN1CCC(C(=O)O)(c2ccccc2)CC1)N1CCCc2ccccc21. The van der Waals surface area contributed by atoms with E-state index in [1.54, 1.807) is 0 Å². The number of rotatable bonds is 4. The van der Waals surface area contributed by atoms with Gasteiger partial charge in [0.1, 0.15) is 0 Å². The summed E-state index contributed by atoms with van der Waals surface area (Å²) in [6, 6.07) is 17.6. The number of para-hydroxylation sites is 1. The average molecular weight is 378 g/mol. The van der Waals surface area contributed by atoms with Crippen molar-refractivity contribution in [3.05, 3.63) is 65.7 Å². The molecule has 2 aliphatic heterocycles. The van der Waals surface area contributed by atoms with Gasteiger partial charge in [0.25, 0.3) is 0 Å². The number of anilines is 1. The Balaban J connectivity index is 1.43. The first-order valence-electron chi connectivity index (χ1n) is 10.00. The molecule has 146 valence electrons. The highest BCUT2D eigenvalue weighted by Gasteiger charge is 2.43. The third-order valence-electron chi connectivity index (χ3n) is 6.22. The lowest BCUT2D eigenvalue weighted by molar-refractivity contribution is -0.146. The molecule has 0 spiro atoms. The largest absolute Gasteiger partial charge is 0.481 e. The summed E-state index contributed by atoms with van der Waals surface area (Å²) in [6.07, 6.45) is 3.05. The number of hydrogen-bond donors (Lipinski definition) is 1. The molecule has 0 bridgehead atoms. The number of fused-ring (bicyclic) bond motifs is 1. The minimum absolute atomic E-state index is 0.106. The molecule has 0 unspecified atom stereocenters. The first-order chi connectivity index (χ1) is 13.6. The fourth-order valence-corrected chi connectivity index (χ4v) is 4.55. The Morgan fingerprint density at radius 1 is 0.929 bits per heavy atom. The Morgan fingerprint density at radius 2 is 1.61 bits per heavy atom. The van der Waals surface area contributed by atoms with E-state index in [1.165, 1.54) is 5.56 Å². The number of nitrogens with zero attached hydrogens (tertiary/aromatic N) is 2. The molecule has 2 aromatic carbocycles. The van der Waals surface area contributed by atoms with Gasteiger partial charge in [-0.3, -0.25) is 14.5 Å². The van der Waals surface area contributed by atoms with E-state index in [2.05, 4.69) is 11.0 Å². The average Bonchev–Trinajstić information content (AvgIpc) is 2.74. The maximum Gasteiger partial charge on any atom is 0.314 e. The second-order valence-corrected chi connectivity index (χ2v) is 7.81. The first kappa shape index (κ1) is 18.7. The number of piperidine rings is 1. The van der Waals surface area contributed by atoms with Crippen molar-refractivity contribution in [2.45, 2.75) is 31.1 Å². The normalized spacial score (nSPS) is 19.1. The van der Waals surface area contributed by atoms with Crippen LogP contribution in [0.2, 0.25) is 0 Å². The van der Waals surface area contributed by atoms with Crippen molar-refractivity contribution in [1.29, 1.82) is 0 Å². The second kappa shape index (κ2) is 7.76. The van der Waals surface area contributed by atoms with E-state index in [0.717, 1.165) is 30.6 Å². The molecule has 5 nitrogen and oxygen atoms in total. The molecule has 4 rings (SSSR count). The minimum Gasteiger partial charge on any atom is -0.481 e. The highest BCUT2D eigenvalue weighted by molar-refractivity contribution is 5.96. The molecule has 1 N–H and O–H groups in total. The zero-order valence-corrected chi connectivity index (χ0v) is 16.0. The lowest BCUT2D eigenvalue weighted by Gasteiger charge is -2.40. The fourth-order valence-electron chi connectivity index (χ4n) is 4.55. The van der Waals surface area contributed by atoms with Gasteiger partial charge in [-0.15, -0.1) is 0 Å². The molecular weight excluding hydrogens is 352 g/mol. The molecule has 2 heterocycles. The van der Waals surface area contributed by atoms with Crippen LogP contribution in [0.1, 0.15) is 30.4 Å². The van der Waals surface area contributed by atoms with Crippen molar-refractivity contribution in [1.82, 2.24) is 4.90 Å². The number of amides is 1. The molecule has 1 fully saturated rings. The second-order valence-electron chi connectivity index (χ2n) is 7.81. The maximum atomic E-state index is 13.0. The molecule has 5 heteroatoms. The smallest absolute Gasteiger partial charge is 0.314 e. The summed E-state index contributed by atoms with van der Waals surface area (Å²) in [7, 11) is 0. The molecule has 0 radical (unpaired) electrons.